The van der Waals surface area contributed by atoms with Crippen LogP contribution in [-0.4, -0.2) is 25.3 Å². The summed E-state index contributed by atoms with van der Waals surface area (Å²) in [6.07, 6.45) is 0. The zero-order chi connectivity index (χ0) is 13.9. The molecule has 0 amide bonds. The lowest BCUT2D eigenvalue weighted by Crippen LogP contribution is -2.15. The second kappa shape index (κ2) is 5.50. The molecule has 3 rings (SSSR count). The molecule has 1 aromatic carbocycles. The largest absolute Gasteiger partial charge is 0.486 e. The first kappa shape index (κ1) is 12.9. The van der Waals surface area contributed by atoms with Gasteiger partial charge in [-0.25, -0.2) is 4.98 Å². The van der Waals surface area contributed by atoms with Crippen LogP contribution in [0.1, 0.15) is 0 Å². The van der Waals surface area contributed by atoms with E-state index in [1.54, 1.807) is 19.2 Å². The van der Waals surface area contributed by atoms with Crippen LogP contribution >= 0.6 is 11.8 Å². The second-order valence-electron chi connectivity index (χ2n) is 4.16. The minimum absolute atomic E-state index is 0.541. The summed E-state index contributed by atoms with van der Waals surface area (Å²) >= 11 is 1.46. The normalized spacial score (nSPS) is 13.1. The predicted octanol–water partition coefficient (Wildman–Crippen LogP) is 2.59. The maximum atomic E-state index is 5.93. The summed E-state index contributed by atoms with van der Waals surface area (Å²) in [6.45, 7) is 1.16. The lowest BCUT2D eigenvalue weighted by molar-refractivity contribution is 0.171. The van der Waals surface area contributed by atoms with Crippen molar-refractivity contribution in [1.82, 2.24) is 4.98 Å². The number of nitrogen functional groups attached to an aromatic ring is 1. The van der Waals surface area contributed by atoms with Crippen LogP contribution in [0.3, 0.4) is 0 Å². The Balaban J connectivity index is 1.87. The molecular weight excluding hydrogens is 276 g/mol. The predicted molar refractivity (Wildman–Crippen MR) is 76.8 cm³/mol. The number of aromatic nitrogens is 1. The highest BCUT2D eigenvalue weighted by Crippen LogP contribution is 2.38. The third-order valence-electron chi connectivity index (χ3n) is 2.80. The fraction of sp³-hybridized carbons (Fsp3) is 0.214. The van der Waals surface area contributed by atoms with E-state index < -0.39 is 0 Å². The Morgan fingerprint density at radius 1 is 1.15 bits per heavy atom. The van der Waals surface area contributed by atoms with Gasteiger partial charge in [-0.1, -0.05) is 11.8 Å². The first-order valence-electron chi connectivity index (χ1n) is 6.14. The summed E-state index contributed by atoms with van der Waals surface area (Å²) in [5.41, 5.74) is 6.55. The van der Waals surface area contributed by atoms with Crippen molar-refractivity contribution in [2.75, 3.05) is 26.1 Å². The van der Waals surface area contributed by atoms with Gasteiger partial charge >= 0.3 is 0 Å². The zero-order valence-corrected chi connectivity index (χ0v) is 11.8. The van der Waals surface area contributed by atoms with Gasteiger partial charge < -0.3 is 19.9 Å². The second-order valence-corrected chi connectivity index (χ2v) is 5.22. The third-order valence-corrected chi connectivity index (χ3v) is 3.81. The molecule has 0 aliphatic carbocycles. The van der Waals surface area contributed by atoms with E-state index in [1.165, 1.54) is 11.8 Å². The molecule has 0 fully saturated rings. The quantitative estimate of drug-likeness (QED) is 0.937. The Bertz CT molecular complexity index is 634. The molecule has 0 radical (unpaired) electrons. The number of benzene rings is 1. The fourth-order valence-corrected chi connectivity index (χ4v) is 2.68. The summed E-state index contributed by atoms with van der Waals surface area (Å²) in [7, 11) is 1.58. The first-order valence-corrected chi connectivity index (χ1v) is 6.96. The molecule has 0 saturated carbocycles. The maximum absolute atomic E-state index is 5.93. The van der Waals surface area contributed by atoms with Crippen LogP contribution in [0.15, 0.2) is 40.3 Å². The molecule has 104 valence electrons. The third kappa shape index (κ3) is 2.60. The van der Waals surface area contributed by atoms with Gasteiger partial charge in [-0.3, -0.25) is 0 Å². The van der Waals surface area contributed by atoms with E-state index in [0.717, 1.165) is 16.4 Å². The molecule has 20 heavy (non-hydrogen) atoms. The van der Waals surface area contributed by atoms with E-state index in [1.807, 2.05) is 18.2 Å². The molecule has 2 N–H and O–H groups in total. The Kier molecular flexibility index (Phi) is 3.56. The summed E-state index contributed by atoms with van der Waals surface area (Å²) in [6, 6.07) is 9.31. The highest BCUT2D eigenvalue weighted by Gasteiger charge is 2.13. The average molecular weight is 290 g/mol. The lowest BCUT2D eigenvalue weighted by atomic mass is 10.3. The van der Waals surface area contributed by atoms with Gasteiger partial charge in [-0.15, -0.1) is 0 Å². The summed E-state index contributed by atoms with van der Waals surface area (Å²) < 4.78 is 16.2. The Morgan fingerprint density at radius 3 is 2.75 bits per heavy atom. The van der Waals surface area contributed by atoms with E-state index in [0.29, 0.717) is 29.8 Å². The van der Waals surface area contributed by atoms with Crippen LogP contribution in [0.4, 0.5) is 5.69 Å². The van der Waals surface area contributed by atoms with Crippen LogP contribution in [0, 0.1) is 0 Å². The van der Waals surface area contributed by atoms with E-state index in [9.17, 15) is 0 Å². The number of fused-ring (bicyclic) bond motifs is 1. The highest BCUT2D eigenvalue weighted by atomic mass is 32.2. The molecule has 1 aliphatic heterocycles. The smallest absolute Gasteiger partial charge is 0.214 e. The Hall–Kier alpha value is -2.08. The van der Waals surface area contributed by atoms with E-state index >= 15 is 0 Å². The van der Waals surface area contributed by atoms with Crippen LogP contribution in [0.2, 0.25) is 0 Å². The number of nitrogens with two attached hydrogens (primary N) is 1. The van der Waals surface area contributed by atoms with E-state index in [2.05, 4.69) is 4.98 Å². The van der Waals surface area contributed by atoms with Crippen LogP contribution in [0.25, 0.3) is 0 Å². The number of hydrogen-bond acceptors (Lipinski definition) is 6. The highest BCUT2D eigenvalue weighted by molar-refractivity contribution is 7.99. The van der Waals surface area contributed by atoms with Crippen molar-refractivity contribution in [2.45, 2.75) is 9.92 Å². The minimum Gasteiger partial charge on any atom is -0.486 e. The minimum atomic E-state index is 0.541. The molecule has 2 aromatic rings. The van der Waals surface area contributed by atoms with Crippen LogP contribution < -0.4 is 19.9 Å². The number of ether oxygens (including phenoxy) is 3. The molecular formula is C14H14N2O3S. The molecule has 2 heterocycles. The van der Waals surface area contributed by atoms with Crippen molar-refractivity contribution in [3.63, 3.8) is 0 Å². The zero-order valence-electron chi connectivity index (χ0n) is 11.0. The monoisotopic (exact) mass is 290 g/mol. The summed E-state index contributed by atoms with van der Waals surface area (Å²) in [4.78, 5) is 5.33. The number of pyridine rings is 1. The molecule has 5 nitrogen and oxygen atoms in total. The van der Waals surface area contributed by atoms with Gasteiger partial charge in [0.05, 0.1) is 12.8 Å². The van der Waals surface area contributed by atoms with Crippen molar-refractivity contribution in [3.05, 3.63) is 30.3 Å². The van der Waals surface area contributed by atoms with Gasteiger partial charge in [-0.2, -0.15) is 0 Å². The molecule has 1 aliphatic rings. The van der Waals surface area contributed by atoms with E-state index in [4.69, 9.17) is 19.9 Å². The fourth-order valence-electron chi connectivity index (χ4n) is 1.83. The molecule has 6 heteroatoms. The summed E-state index contributed by atoms with van der Waals surface area (Å²) in [5.74, 6) is 2.06. The van der Waals surface area contributed by atoms with Crippen molar-refractivity contribution in [2.24, 2.45) is 0 Å². The number of methoxy groups -OCH3 is 1. The van der Waals surface area contributed by atoms with Crippen LogP contribution in [-0.2, 0) is 0 Å². The standard InChI is InChI=1S/C14H14N2O3S/c1-17-13-5-3-10(15)14(16-13)20-9-2-4-11-12(8-9)19-7-6-18-11/h2-5,8H,6-7,15H2,1H3. The van der Waals surface area contributed by atoms with Crippen molar-refractivity contribution in [1.29, 1.82) is 0 Å². The van der Waals surface area contributed by atoms with Gasteiger partial charge in [-0.05, 0) is 24.3 Å². The molecule has 1 aromatic heterocycles. The van der Waals surface area contributed by atoms with E-state index in [-0.39, 0.29) is 0 Å². The van der Waals surface area contributed by atoms with Gasteiger partial charge in [0.1, 0.15) is 18.2 Å². The molecule has 0 bridgehead atoms. The number of rotatable bonds is 3. The molecule has 0 unspecified atom stereocenters. The van der Waals surface area contributed by atoms with Gasteiger partial charge in [0.25, 0.3) is 0 Å². The van der Waals surface area contributed by atoms with Crippen molar-refractivity contribution >= 4 is 17.4 Å². The molecule has 0 atom stereocenters. The molecule has 0 saturated heterocycles. The first-order chi connectivity index (χ1) is 9.76. The van der Waals surface area contributed by atoms with Gasteiger partial charge in [0.15, 0.2) is 11.5 Å². The van der Waals surface area contributed by atoms with Gasteiger partial charge in [0, 0.05) is 11.0 Å². The Morgan fingerprint density at radius 2 is 1.95 bits per heavy atom. The topological polar surface area (TPSA) is 66.6 Å². The van der Waals surface area contributed by atoms with Crippen molar-refractivity contribution in [3.8, 4) is 17.4 Å². The average Bonchev–Trinajstić information content (AvgIpc) is 2.49. The SMILES string of the molecule is COc1ccc(N)c(Sc2ccc3c(c2)OCCO3)n1. The van der Waals surface area contributed by atoms with Crippen LogP contribution in [0.5, 0.6) is 17.4 Å². The lowest BCUT2D eigenvalue weighted by Gasteiger charge is -2.18. The molecule has 0 spiro atoms. The number of anilines is 1. The van der Waals surface area contributed by atoms with Crippen molar-refractivity contribution < 1.29 is 14.2 Å². The Labute approximate surface area is 121 Å². The van der Waals surface area contributed by atoms with Gasteiger partial charge in [0.2, 0.25) is 5.88 Å². The number of nitrogens with zero attached hydrogens (tertiary/aromatic N) is 1. The number of hydrogen-bond donors (Lipinski definition) is 1. The maximum Gasteiger partial charge on any atom is 0.214 e. The summed E-state index contributed by atoms with van der Waals surface area (Å²) in [5, 5.41) is 0.709.